The van der Waals surface area contributed by atoms with Gasteiger partial charge in [-0.2, -0.15) is 0 Å². The Labute approximate surface area is 106 Å². The molecule has 1 aromatic carbocycles. The number of hydrogen-bond acceptors (Lipinski definition) is 3. The van der Waals surface area contributed by atoms with Gasteiger partial charge in [0, 0.05) is 6.08 Å². The molecule has 4 heteroatoms. The van der Waals surface area contributed by atoms with Crippen molar-refractivity contribution in [2.24, 2.45) is 5.73 Å². The molecule has 0 aromatic heterocycles. The van der Waals surface area contributed by atoms with Gasteiger partial charge < -0.3 is 10.5 Å². The summed E-state index contributed by atoms with van der Waals surface area (Å²) in [6, 6.07) is 7.20. The number of amides is 1. The van der Waals surface area contributed by atoms with Crippen molar-refractivity contribution in [2.45, 2.75) is 20.3 Å². The molecule has 0 atom stereocenters. The van der Waals surface area contributed by atoms with Gasteiger partial charge in [-0.25, -0.2) is 4.79 Å². The summed E-state index contributed by atoms with van der Waals surface area (Å²) in [5.41, 5.74) is 7.11. The molecule has 0 aliphatic rings. The minimum Gasteiger partial charge on any atom is -0.463 e. The zero-order valence-electron chi connectivity index (χ0n) is 10.6. The molecule has 0 unspecified atom stereocenters. The van der Waals surface area contributed by atoms with Crippen LogP contribution in [0, 0.1) is 6.92 Å². The summed E-state index contributed by atoms with van der Waals surface area (Å²) in [6.07, 6.45) is 1.87. The van der Waals surface area contributed by atoms with Crippen LogP contribution in [0.5, 0.6) is 0 Å². The number of carbonyl (C=O) groups excluding carboxylic acids is 2. The highest BCUT2D eigenvalue weighted by Crippen LogP contribution is 2.15. The molecule has 0 saturated carbocycles. The normalized spacial score (nSPS) is 11.1. The highest BCUT2D eigenvalue weighted by Gasteiger charge is 2.11. The van der Waals surface area contributed by atoms with Crippen molar-refractivity contribution in [2.75, 3.05) is 6.61 Å². The minimum atomic E-state index is -0.646. The second-order valence-corrected chi connectivity index (χ2v) is 3.96. The maximum Gasteiger partial charge on any atom is 0.331 e. The lowest BCUT2D eigenvalue weighted by Gasteiger charge is -2.05. The second-order valence-electron chi connectivity index (χ2n) is 3.96. The van der Waals surface area contributed by atoms with E-state index in [1.54, 1.807) is 12.1 Å². The summed E-state index contributed by atoms with van der Waals surface area (Å²) in [5, 5.41) is 0. The fraction of sp³-hybridized carbons (Fsp3) is 0.286. The lowest BCUT2D eigenvalue weighted by atomic mass is 10.0. The number of rotatable bonds is 5. The van der Waals surface area contributed by atoms with E-state index in [1.165, 1.54) is 0 Å². The van der Waals surface area contributed by atoms with E-state index in [0.717, 1.165) is 18.1 Å². The molecule has 1 aromatic rings. The molecule has 18 heavy (non-hydrogen) atoms. The van der Waals surface area contributed by atoms with Crippen LogP contribution in [0.4, 0.5) is 0 Å². The average Bonchev–Trinajstić information content (AvgIpc) is 2.34. The number of primary amides is 1. The number of hydrogen-bond donors (Lipinski definition) is 1. The molecule has 1 amide bonds. The summed E-state index contributed by atoms with van der Waals surface area (Å²) >= 11 is 0. The van der Waals surface area contributed by atoms with Gasteiger partial charge in [0.1, 0.15) is 0 Å². The van der Waals surface area contributed by atoms with Crippen molar-refractivity contribution in [1.82, 2.24) is 0 Å². The summed E-state index contributed by atoms with van der Waals surface area (Å²) in [6.45, 7) is 4.16. The van der Waals surface area contributed by atoms with Crippen molar-refractivity contribution < 1.29 is 14.3 Å². The van der Waals surface area contributed by atoms with Crippen molar-refractivity contribution in [3.63, 3.8) is 0 Å². The Kier molecular flexibility index (Phi) is 5.11. The molecule has 0 aliphatic carbocycles. The Hall–Kier alpha value is -2.10. The van der Waals surface area contributed by atoms with Crippen molar-refractivity contribution in [1.29, 1.82) is 0 Å². The van der Waals surface area contributed by atoms with E-state index < -0.39 is 11.9 Å². The van der Waals surface area contributed by atoms with Gasteiger partial charge in [-0.05, 0) is 18.9 Å². The Morgan fingerprint density at radius 1 is 1.28 bits per heavy atom. The average molecular weight is 247 g/mol. The van der Waals surface area contributed by atoms with Crippen molar-refractivity contribution in [3.05, 3.63) is 41.5 Å². The third-order valence-electron chi connectivity index (χ3n) is 2.34. The molecular weight excluding hydrogens is 230 g/mol. The molecule has 4 nitrogen and oxygen atoms in total. The first-order valence-corrected chi connectivity index (χ1v) is 5.80. The van der Waals surface area contributed by atoms with Crippen LogP contribution in [-0.4, -0.2) is 18.5 Å². The molecule has 0 aliphatic heterocycles. The van der Waals surface area contributed by atoms with E-state index in [4.69, 9.17) is 10.5 Å². The van der Waals surface area contributed by atoms with Crippen LogP contribution in [-0.2, 0) is 14.3 Å². The monoisotopic (exact) mass is 247 g/mol. The van der Waals surface area contributed by atoms with Crippen LogP contribution in [0.25, 0.3) is 5.57 Å². The van der Waals surface area contributed by atoms with E-state index in [2.05, 4.69) is 0 Å². The molecular formula is C14H17NO3. The standard InChI is InChI=1S/C14H17NO3/c1-3-8-18-13(16)9-12(14(15)17)11-6-4-10(2)5-7-11/h4-7,9H,3,8H2,1-2H3,(H2,15,17)/b12-9-. The van der Waals surface area contributed by atoms with Gasteiger partial charge in [-0.3, -0.25) is 4.79 Å². The zero-order chi connectivity index (χ0) is 13.5. The number of aryl methyl sites for hydroxylation is 1. The Bertz CT molecular complexity index is 460. The van der Waals surface area contributed by atoms with Gasteiger partial charge >= 0.3 is 5.97 Å². The maximum atomic E-state index is 11.5. The van der Waals surface area contributed by atoms with Crippen molar-refractivity contribution in [3.8, 4) is 0 Å². The third kappa shape index (κ3) is 4.05. The number of ether oxygens (including phenoxy) is 1. The largest absolute Gasteiger partial charge is 0.463 e. The second kappa shape index (κ2) is 6.59. The van der Waals surface area contributed by atoms with Gasteiger partial charge in [0.15, 0.2) is 0 Å². The van der Waals surface area contributed by atoms with Crippen LogP contribution < -0.4 is 5.73 Å². The topological polar surface area (TPSA) is 69.4 Å². The molecule has 0 spiro atoms. The maximum absolute atomic E-state index is 11.5. The summed E-state index contributed by atoms with van der Waals surface area (Å²) < 4.78 is 4.89. The fourth-order valence-electron chi connectivity index (χ4n) is 1.39. The summed E-state index contributed by atoms with van der Waals surface area (Å²) in [4.78, 5) is 22.8. The lowest BCUT2D eigenvalue weighted by Crippen LogP contribution is -2.15. The molecule has 96 valence electrons. The van der Waals surface area contributed by atoms with Crippen LogP contribution in [0.3, 0.4) is 0 Å². The molecule has 0 bridgehead atoms. The molecule has 0 heterocycles. The first kappa shape index (κ1) is 14.0. The predicted molar refractivity (Wildman–Crippen MR) is 69.6 cm³/mol. The summed E-state index contributed by atoms with van der Waals surface area (Å²) in [7, 11) is 0. The molecule has 2 N–H and O–H groups in total. The van der Waals surface area contributed by atoms with Gasteiger partial charge in [0.25, 0.3) is 0 Å². The van der Waals surface area contributed by atoms with E-state index in [0.29, 0.717) is 12.2 Å². The predicted octanol–water partition coefficient (Wildman–Crippen LogP) is 1.82. The number of benzene rings is 1. The lowest BCUT2D eigenvalue weighted by molar-refractivity contribution is -0.137. The third-order valence-corrected chi connectivity index (χ3v) is 2.34. The van der Waals surface area contributed by atoms with Crippen LogP contribution in [0.2, 0.25) is 0 Å². The van der Waals surface area contributed by atoms with E-state index in [-0.39, 0.29) is 5.57 Å². The van der Waals surface area contributed by atoms with Gasteiger partial charge in [0.2, 0.25) is 5.91 Å². The molecule has 1 rings (SSSR count). The van der Waals surface area contributed by atoms with Crippen LogP contribution in [0.1, 0.15) is 24.5 Å². The number of nitrogens with two attached hydrogens (primary N) is 1. The minimum absolute atomic E-state index is 0.163. The van der Waals surface area contributed by atoms with E-state index in [9.17, 15) is 9.59 Å². The highest BCUT2D eigenvalue weighted by molar-refractivity contribution is 6.22. The Balaban J connectivity index is 2.96. The molecule has 0 radical (unpaired) electrons. The highest BCUT2D eigenvalue weighted by atomic mass is 16.5. The van der Waals surface area contributed by atoms with Gasteiger partial charge in [-0.1, -0.05) is 36.8 Å². The summed E-state index contributed by atoms with van der Waals surface area (Å²) in [5.74, 6) is -1.20. The Morgan fingerprint density at radius 3 is 2.39 bits per heavy atom. The van der Waals surface area contributed by atoms with E-state index >= 15 is 0 Å². The fourth-order valence-corrected chi connectivity index (χ4v) is 1.39. The zero-order valence-corrected chi connectivity index (χ0v) is 10.6. The Morgan fingerprint density at radius 2 is 1.89 bits per heavy atom. The van der Waals surface area contributed by atoms with E-state index in [1.807, 2.05) is 26.0 Å². The quantitative estimate of drug-likeness (QED) is 0.637. The van der Waals surface area contributed by atoms with Crippen LogP contribution in [0.15, 0.2) is 30.3 Å². The SMILES string of the molecule is CCCOC(=O)/C=C(\C(N)=O)c1ccc(C)cc1. The van der Waals surface area contributed by atoms with Crippen molar-refractivity contribution >= 4 is 17.4 Å². The van der Waals surface area contributed by atoms with Crippen LogP contribution >= 0.6 is 0 Å². The number of carbonyl (C=O) groups is 2. The molecule has 0 saturated heterocycles. The number of esters is 1. The molecule has 0 fully saturated rings. The van der Waals surface area contributed by atoms with Gasteiger partial charge in [0.05, 0.1) is 12.2 Å². The first-order chi connectivity index (χ1) is 8.54. The first-order valence-electron chi connectivity index (χ1n) is 5.80. The smallest absolute Gasteiger partial charge is 0.331 e. The van der Waals surface area contributed by atoms with Gasteiger partial charge in [-0.15, -0.1) is 0 Å².